The Kier molecular flexibility index (Phi) is 4.22. The van der Waals surface area contributed by atoms with E-state index in [0.29, 0.717) is 0 Å². The number of nitro benzene ring substituents is 1. The van der Waals surface area contributed by atoms with Crippen LogP contribution in [0.2, 0.25) is 0 Å². The minimum Gasteiger partial charge on any atom is -0.280 e. The maximum atomic E-state index is 12.2. The highest BCUT2D eigenvalue weighted by atomic mass is 32.2. The van der Waals surface area contributed by atoms with Crippen molar-refractivity contribution in [2.45, 2.75) is 24.7 Å². The minimum absolute atomic E-state index is 0.108. The topological polar surface area (TPSA) is 118 Å². The summed E-state index contributed by atoms with van der Waals surface area (Å²) in [5, 5.41) is 17.4. The van der Waals surface area contributed by atoms with Gasteiger partial charge in [-0.15, -0.1) is 0 Å². The lowest BCUT2D eigenvalue weighted by atomic mass is 10.2. The van der Waals surface area contributed by atoms with Crippen LogP contribution in [0.25, 0.3) is 0 Å². The number of aryl methyl sites for hydroxylation is 1. The Bertz CT molecular complexity index is 754. The van der Waals surface area contributed by atoms with Gasteiger partial charge in [-0.1, -0.05) is 25.5 Å². The quantitative estimate of drug-likeness (QED) is 0.625. The van der Waals surface area contributed by atoms with E-state index in [1.807, 2.05) is 6.92 Å². The van der Waals surface area contributed by atoms with Crippen molar-refractivity contribution in [1.82, 2.24) is 10.2 Å². The molecule has 21 heavy (non-hydrogen) atoms. The summed E-state index contributed by atoms with van der Waals surface area (Å²) in [7, 11) is -4.06. The highest BCUT2D eigenvalue weighted by Gasteiger charge is 2.25. The maximum Gasteiger partial charge on any atom is 0.289 e. The van der Waals surface area contributed by atoms with Crippen molar-refractivity contribution in [3.63, 3.8) is 0 Å². The van der Waals surface area contributed by atoms with Gasteiger partial charge < -0.3 is 0 Å². The Balaban J connectivity index is 2.32. The number of sulfonamides is 1. The molecule has 0 aliphatic rings. The summed E-state index contributed by atoms with van der Waals surface area (Å²) in [6, 6.07) is 6.72. The van der Waals surface area contributed by atoms with Crippen molar-refractivity contribution < 1.29 is 13.3 Å². The Morgan fingerprint density at radius 1 is 1.38 bits per heavy atom. The molecule has 9 heteroatoms. The molecule has 0 saturated carbocycles. The number of nitro groups is 1. The third kappa shape index (κ3) is 3.37. The predicted octanol–water partition coefficient (Wildman–Crippen LogP) is 2.07. The third-order valence-electron chi connectivity index (χ3n) is 2.74. The van der Waals surface area contributed by atoms with Crippen LogP contribution in [-0.4, -0.2) is 23.5 Å². The van der Waals surface area contributed by atoms with Crippen molar-refractivity contribution in [3.05, 3.63) is 46.1 Å². The maximum absolute atomic E-state index is 12.2. The van der Waals surface area contributed by atoms with Crippen LogP contribution >= 0.6 is 0 Å². The number of anilines is 1. The number of hydrogen-bond acceptors (Lipinski definition) is 5. The molecule has 8 nitrogen and oxygen atoms in total. The highest BCUT2D eigenvalue weighted by Crippen LogP contribution is 2.24. The van der Waals surface area contributed by atoms with Gasteiger partial charge in [0.25, 0.3) is 15.7 Å². The second-order valence-corrected chi connectivity index (χ2v) is 6.01. The number of nitrogens with one attached hydrogen (secondary N) is 2. The smallest absolute Gasteiger partial charge is 0.280 e. The fraction of sp³-hybridized carbons (Fsp3) is 0.250. The van der Waals surface area contributed by atoms with Gasteiger partial charge >= 0.3 is 0 Å². The first-order chi connectivity index (χ1) is 9.94. The van der Waals surface area contributed by atoms with E-state index in [0.717, 1.165) is 24.6 Å². The summed E-state index contributed by atoms with van der Waals surface area (Å²) >= 11 is 0. The minimum atomic E-state index is -4.06. The molecule has 0 amide bonds. The summed E-state index contributed by atoms with van der Waals surface area (Å²) in [5.74, 6) is 0.108. The van der Waals surface area contributed by atoms with E-state index >= 15 is 0 Å². The Morgan fingerprint density at radius 3 is 2.76 bits per heavy atom. The van der Waals surface area contributed by atoms with Gasteiger partial charge in [0.15, 0.2) is 10.7 Å². The van der Waals surface area contributed by atoms with E-state index in [1.54, 1.807) is 6.07 Å². The zero-order valence-electron chi connectivity index (χ0n) is 11.2. The van der Waals surface area contributed by atoms with Gasteiger partial charge in [-0.05, 0) is 12.5 Å². The van der Waals surface area contributed by atoms with E-state index in [2.05, 4.69) is 14.9 Å². The van der Waals surface area contributed by atoms with E-state index in [9.17, 15) is 18.5 Å². The zero-order chi connectivity index (χ0) is 15.5. The monoisotopic (exact) mass is 310 g/mol. The summed E-state index contributed by atoms with van der Waals surface area (Å²) in [6.07, 6.45) is 1.62. The number of H-pyrrole nitrogens is 1. The number of para-hydroxylation sites is 1. The average molecular weight is 310 g/mol. The molecule has 2 rings (SSSR count). The first kappa shape index (κ1) is 15.0. The SMILES string of the molecule is CCCc1cc(NS(=O)(=O)c2ccccc2[N+](=O)[O-])n[nH]1. The second kappa shape index (κ2) is 5.92. The molecule has 1 aromatic heterocycles. The van der Waals surface area contributed by atoms with E-state index in [4.69, 9.17) is 0 Å². The molecule has 2 aromatic rings. The molecule has 0 spiro atoms. The Labute approximate surface area is 121 Å². The summed E-state index contributed by atoms with van der Waals surface area (Å²) in [6.45, 7) is 1.98. The van der Waals surface area contributed by atoms with Gasteiger partial charge in [0.05, 0.1) is 4.92 Å². The molecule has 0 radical (unpaired) electrons. The fourth-order valence-electron chi connectivity index (χ4n) is 1.84. The second-order valence-electron chi connectivity index (χ2n) is 4.36. The van der Waals surface area contributed by atoms with Crippen LogP contribution in [0.1, 0.15) is 19.0 Å². The lowest BCUT2D eigenvalue weighted by Gasteiger charge is -2.05. The summed E-state index contributed by atoms with van der Waals surface area (Å²) in [5.41, 5.74) is 0.312. The number of aromatic amines is 1. The van der Waals surface area contributed by atoms with Crippen molar-refractivity contribution in [1.29, 1.82) is 0 Å². The van der Waals surface area contributed by atoms with E-state index in [-0.39, 0.29) is 5.82 Å². The van der Waals surface area contributed by atoms with Crippen LogP contribution in [0.15, 0.2) is 35.2 Å². The summed E-state index contributed by atoms with van der Waals surface area (Å²) in [4.78, 5) is 9.77. The van der Waals surface area contributed by atoms with Crippen molar-refractivity contribution in [2.24, 2.45) is 0 Å². The highest BCUT2D eigenvalue weighted by molar-refractivity contribution is 7.92. The molecule has 1 heterocycles. The van der Waals surface area contributed by atoms with Crippen LogP contribution in [0, 0.1) is 10.1 Å². The average Bonchev–Trinajstić information content (AvgIpc) is 2.86. The molecule has 2 N–H and O–H groups in total. The van der Waals surface area contributed by atoms with E-state index < -0.39 is 25.5 Å². The first-order valence-electron chi connectivity index (χ1n) is 6.24. The van der Waals surface area contributed by atoms with Gasteiger partial charge in [0.2, 0.25) is 0 Å². The molecular weight excluding hydrogens is 296 g/mol. The predicted molar refractivity (Wildman–Crippen MR) is 76.5 cm³/mol. The van der Waals surface area contributed by atoms with Crippen LogP contribution in [0.5, 0.6) is 0 Å². The van der Waals surface area contributed by atoms with Crippen LogP contribution in [0.3, 0.4) is 0 Å². The van der Waals surface area contributed by atoms with Crippen molar-refractivity contribution in [3.8, 4) is 0 Å². The van der Waals surface area contributed by atoms with Crippen LogP contribution < -0.4 is 4.72 Å². The number of benzene rings is 1. The molecular formula is C12H14N4O4S. The lowest BCUT2D eigenvalue weighted by Crippen LogP contribution is -2.14. The van der Waals surface area contributed by atoms with E-state index in [1.165, 1.54) is 18.2 Å². The number of aromatic nitrogens is 2. The number of nitrogens with zero attached hydrogens (tertiary/aromatic N) is 2. The number of rotatable bonds is 6. The van der Waals surface area contributed by atoms with Crippen LogP contribution in [0.4, 0.5) is 11.5 Å². The van der Waals surface area contributed by atoms with Gasteiger partial charge in [-0.3, -0.25) is 19.9 Å². The van der Waals surface area contributed by atoms with Crippen molar-refractivity contribution >= 4 is 21.5 Å². The van der Waals surface area contributed by atoms with Gasteiger partial charge in [0, 0.05) is 17.8 Å². The number of hydrogen-bond donors (Lipinski definition) is 2. The van der Waals surface area contributed by atoms with Crippen molar-refractivity contribution in [2.75, 3.05) is 4.72 Å². The summed E-state index contributed by atoms with van der Waals surface area (Å²) < 4.78 is 26.7. The molecule has 0 aliphatic carbocycles. The standard InChI is InChI=1S/C12H14N4O4S/c1-2-5-9-8-12(14-13-9)15-21(19,20)11-7-4-3-6-10(11)16(17)18/h3-4,6-8H,2,5H2,1H3,(H2,13,14,15). The largest absolute Gasteiger partial charge is 0.289 e. The Morgan fingerprint density at radius 2 is 2.10 bits per heavy atom. The van der Waals surface area contributed by atoms with Gasteiger partial charge in [-0.2, -0.15) is 5.10 Å². The molecule has 0 bridgehead atoms. The molecule has 0 fully saturated rings. The molecule has 0 unspecified atom stereocenters. The van der Waals surface area contributed by atoms with Gasteiger partial charge in [-0.25, -0.2) is 8.42 Å². The fourth-order valence-corrected chi connectivity index (χ4v) is 3.00. The molecule has 0 aliphatic heterocycles. The first-order valence-corrected chi connectivity index (χ1v) is 7.73. The van der Waals surface area contributed by atoms with Gasteiger partial charge in [0.1, 0.15) is 0 Å². The molecule has 0 atom stereocenters. The normalized spacial score (nSPS) is 11.3. The van der Waals surface area contributed by atoms with Crippen LogP contribution in [-0.2, 0) is 16.4 Å². The molecule has 0 saturated heterocycles. The lowest BCUT2D eigenvalue weighted by molar-refractivity contribution is -0.387. The molecule has 1 aromatic carbocycles. The Hall–Kier alpha value is -2.42. The molecule has 112 valence electrons. The third-order valence-corrected chi connectivity index (χ3v) is 4.14. The zero-order valence-corrected chi connectivity index (χ0v) is 12.1.